The lowest BCUT2D eigenvalue weighted by molar-refractivity contribution is 0.0115. The van der Waals surface area contributed by atoms with Gasteiger partial charge in [-0.15, -0.1) is 0 Å². The lowest BCUT2D eigenvalue weighted by Gasteiger charge is -2.38. The van der Waals surface area contributed by atoms with Crippen LogP contribution >= 0.6 is 0 Å². The molecule has 134 valence electrons. The van der Waals surface area contributed by atoms with E-state index in [2.05, 4.69) is 20.0 Å². The highest BCUT2D eigenvalue weighted by atomic mass is 19.1. The Morgan fingerprint density at radius 3 is 2.50 bits per heavy atom. The van der Waals surface area contributed by atoms with Crippen LogP contribution in [0.3, 0.4) is 0 Å². The summed E-state index contributed by atoms with van der Waals surface area (Å²) in [5.74, 6) is 0.350. The summed E-state index contributed by atoms with van der Waals surface area (Å²) in [6, 6.07) is 7.95. The average molecular weight is 353 g/mol. The van der Waals surface area contributed by atoms with Crippen LogP contribution in [0.4, 0.5) is 10.3 Å². The minimum Gasteiger partial charge on any atom is -0.385 e. The van der Waals surface area contributed by atoms with Crippen LogP contribution in [0.1, 0.15) is 18.4 Å². The minimum absolute atomic E-state index is 0.296. The number of hydrogen-bond acceptors (Lipinski definition) is 5. The molecule has 0 atom stereocenters. The number of hydrogen-bond donors (Lipinski definition) is 1. The molecule has 0 aliphatic carbocycles. The summed E-state index contributed by atoms with van der Waals surface area (Å²) in [6.45, 7) is 1.26. The van der Waals surface area contributed by atoms with Gasteiger partial charge in [-0.05, 0) is 36.6 Å². The van der Waals surface area contributed by atoms with Gasteiger partial charge in [-0.3, -0.25) is 4.68 Å². The van der Waals surface area contributed by atoms with Crippen molar-refractivity contribution in [2.75, 3.05) is 18.0 Å². The fraction of sp³-hybridized carbons (Fsp3) is 0.316. The molecule has 0 spiro atoms. The van der Waals surface area contributed by atoms with E-state index >= 15 is 0 Å². The normalized spacial score (nSPS) is 16.7. The van der Waals surface area contributed by atoms with Gasteiger partial charge in [0, 0.05) is 38.1 Å². The molecule has 0 bridgehead atoms. The van der Waals surface area contributed by atoms with E-state index in [9.17, 15) is 9.50 Å². The Hall–Kier alpha value is -2.80. The Bertz CT molecular complexity index is 900. The number of aromatic nitrogens is 4. The SMILES string of the molecule is Cn1cc(-c2ccnc(N3CCC(O)(c4ccc(F)cc4)CC3)n2)cn1. The van der Waals surface area contributed by atoms with Crippen LogP contribution in [0.5, 0.6) is 0 Å². The molecule has 1 N–H and O–H groups in total. The van der Waals surface area contributed by atoms with Crippen molar-refractivity contribution in [1.82, 2.24) is 19.7 Å². The van der Waals surface area contributed by atoms with Crippen LogP contribution in [0, 0.1) is 5.82 Å². The third-order valence-corrected chi connectivity index (χ3v) is 4.90. The van der Waals surface area contributed by atoms with Crippen molar-refractivity contribution in [3.05, 3.63) is 60.3 Å². The van der Waals surface area contributed by atoms with Crippen LogP contribution in [-0.4, -0.2) is 37.9 Å². The monoisotopic (exact) mass is 353 g/mol. The molecule has 7 heteroatoms. The highest BCUT2D eigenvalue weighted by Crippen LogP contribution is 2.34. The van der Waals surface area contributed by atoms with E-state index in [1.165, 1.54) is 12.1 Å². The molecule has 4 rings (SSSR count). The zero-order valence-corrected chi connectivity index (χ0v) is 14.5. The van der Waals surface area contributed by atoms with Crippen LogP contribution < -0.4 is 4.90 Å². The van der Waals surface area contributed by atoms with Crippen LogP contribution in [0.2, 0.25) is 0 Å². The first-order valence-electron chi connectivity index (χ1n) is 8.59. The van der Waals surface area contributed by atoms with Crippen molar-refractivity contribution in [2.24, 2.45) is 7.05 Å². The second kappa shape index (κ2) is 6.49. The zero-order chi connectivity index (χ0) is 18.1. The van der Waals surface area contributed by atoms with Crippen molar-refractivity contribution in [3.63, 3.8) is 0 Å². The predicted molar refractivity (Wildman–Crippen MR) is 96.0 cm³/mol. The van der Waals surface area contributed by atoms with E-state index in [1.54, 1.807) is 29.2 Å². The quantitative estimate of drug-likeness (QED) is 0.784. The Morgan fingerprint density at radius 1 is 1.12 bits per heavy atom. The molecular formula is C19H20FN5O. The van der Waals surface area contributed by atoms with E-state index in [0.29, 0.717) is 31.9 Å². The Balaban J connectivity index is 1.50. The molecular weight excluding hydrogens is 333 g/mol. The van der Waals surface area contributed by atoms with Gasteiger partial charge in [0.1, 0.15) is 5.82 Å². The number of nitrogens with zero attached hydrogens (tertiary/aromatic N) is 5. The Kier molecular flexibility index (Phi) is 4.16. The van der Waals surface area contributed by atoms with E-state index < -0.39 is 5.60 Å². The molecule has 6 nitrogen and oxygen atoms in total. The van der Waals surface area contributed by atoms with Crippen molar-refractivity contribution in [2.45, 2.75) is 18.4 Å². The number of aryl methyl sites for hydroxylation is 1. The first-order valence-corrected chi connectivity index (χ1v) is 8.59. The van der Waals surface area contributed by atoms with E-state index in [1.807, 2.05) is 19.3 Å². The average Bonchev–Trinajstić information content (AvgIpc) is 3.09. The molecule has 1 saturated heterocycles. The minimum atomic E-state index is -0.939. The molecule has 2 aromatic heterocycles. The molecule has 1 aliphatic heterocycles. The highest BCUT2D eigenvalue weighted by Gasteiger charge is 2.34. The fourth-order valence-corrected chi connectivity index (χ4v) is 3.34. The van der Waals surface area contributed by atoms with Gasteiger partial charge >= 0.3 is 0 Å². The molecule has 1 aromatic carbocycles. The van der Waals surface area contributed by atoms with Crippen molar-refractivity contribution < 1.29 is 9.50 Å². The van der Waals surface area contributed by atoms with Gasteiger partial charge in [-0.2, -0.15) is 5.10 Å². The van der Waals surface area contributed by atoms with Gasteiger partial charge in [0.25, 0.3) is 0 Å². The standard InChI is InChI=1S/C19H20FN5O/c1-24-13-14(12-22-24)17-6-9-21-18(23-17)25-10-7-19(26,8-11-25)15-2-4-16(20)5-3-15/h2-6,9,12-13,26H,7-8,10-11H2,1H3. The Morgan fingerprint density at radius 2 is 1.85 bits per heavy atom. The number of halogens is 1. The third-order valence-electron chi connectivity index (χ3n) is 4.90. The summed E-state index contributed by atoms with van der Waals surface area (Å²) in [5.41, 5.74) is 1.58. The molecule has 0 radical (unpaired) electrons. The molecule has 0 amide bonds. The predicted octanol–water partition coefficient (Wildman–Crippen LogP) is 2.50. The number of benzene rings is 1. The summed E-state index contributed by atoms with van der Waals surface area (Å²) in [6.07, 6.45) is 6.51. The molecule has 3 heterocycles. The summed E-state index contributed by atoms with van der Waals surface area (Å²) in [4.78, 5) is 11.1. The van der Waals surface area contributed by atoms with Crippen LogP contribution in [-0.2, 0) is 12.6 Å². The molecule has 0 unspecified atom stereocenters. The molecule has 1 fully saturated rings. The van der Waals surface area contributed by atoms with Crippen LogP contribution in [0.15, 0.2) is 48.9 Å². The van der Waals surface area contributed by atoms with Crippen LogP contribution in [0.25, 0.3) is 11.3 Å². The first kappa shape index (κ1) is 16.7. The van der Waals surface area contributed by atoms with Gasteiger partial charge < -0.3 is 10.0 Å². The maximum absolute atomic E-state index is 13.1. The zero-order valence-electron chi connectivity index (χ0n) is 14.5. The van der Waals surface area contributed by atoms with E-state index in [4.69, 9.17) is 0 Å². The molecule has 26 heavy (non-hydrogen) atoms. The number of anilines is 1. The molecule has 0 saturated carbocycles. The van der Waals surface area contributed by atoms with Gasteiger partial charge in [-0.1, -0.05) is 12.1 Å². The molecule has 1 aliphatic rings. The summed E-state index contributed by atoms with van der Waals surface area (Å²) < 4.78 is 14.9. The smallest absolute Gasteiger partial charge is 0.225 e. The van der Waals surface area contributed by atoms with Gasteiger partial charge in [0.15, 0.2) is 0 Å². The fourth-order valence-electron chi connectivity index (χ4n) is 3.34. The first-order chi connectivity index (χ1) is 12.5. The van der Waals surface area contributed by atoms with Gasteiger partial charge in [0.2, 0.25) is 5.95 Å². The summed E-state index contributed by atoms with van der Waals surface area (Å²) >= 11 is 0. The maximum atomic E-state index is 13.1. The maximum Gasteiger partial charge on any atom is 0.225 e. The summed E-state index contributed by atoms with van der Waals surface area (Å²) in [7, 11) is 1.87. The number of aliphatic hydroxyl groups is 1. The topological polar surface area (TPSA) is 67.1 Å². The lowest BCUT2D eigenvalue weighted by Crippen LogP contribution is -2.43. The van der Waals surface area contributed by atoms with Gasteiger partial charge in [-0.25, -0.2) is 14.4 Å². The highest BCUT2D eigenvalue weighted by molar-refractivity contribution is 5.58. The number of rotatable bonds is 3. The van der Waals surface area contributed by atoms with Gasteiger partial charge in [0.05, 0.1) is 17.5 Å². The second-order valence-electron chi connectivity index (χ2n) is 6.67. The van der Waals surface area contributed by atoms with Crippen molar-refractivity contribution in [1.29, 1.82) is 0 Å². The largest absolute Gasteiger partial charge is 0.385 e. The van der Waals surface area contributed by atoms with Crippen molar-refractivity contribution >= 4 is 5.95 Å². The lowest BCUT2D eigenvalue weighted by atomic mass is 9.84. The summed E-state index contributed by atoms with van der Waals surface area (Å²) in [5, 5.41) is 15.1. The Labute approximate surface area is 150 Å². The van der Waals surface area contributed by atoms with Crippen molar-refractivity contribution in [3.8, 4) is 11.3 Å². The molecule has 3 aromatic rings. The van der Waals surface area contributed by atoms with E-state index in [0.717, 1.165) is 16.8 Å². The second-order valence-corrected chi connectivity index (χ2v) is 6.67. The van der Waals surface area contributed by atoms with E-state index in [-0.39, 0.29) is 5.82 Å². The third kappa shape index (κ3) is 3.17. The number of piperidine rings is 1.